The number of rotatable bonds is 4. The number of hydrogen-bond donors (Lipinski definition) is 0. The van der Waals surface area contributed by atoms with E-state index in [-0.39, 0.29) is 27.5 Å². The van der Waals surface area contributed by atoms with E-state index in [1.807, 2.05) is 0 Å². The minimum absolute atomic E-state index is 0.168. The maximum absolute atomic E-state index is 9.88. The predicted octanol–water partition coefficient (Wildman–Crippen LogP) is 12.6. The molecule has 0 N–H and O–H groups in total. The molecule has 0 aliphatic heterocycles. The van der Waals surface area contributed by atoms with Crippen molar-refractivity contribution in [2.45, 2.75) is 0 Å². The van der Waals surface area contributed by atoms with Crippen LogP contribution in [0.1, 0.15) is 30.2 Å². The van der Waals surface area contributed by atoms with Crippen LogP contribution in [0.15, 0.2) is 172 Å². The molecule has 8 aromatic carbocycles. The number of benzene rings is 8. The maximum Gasteiger partial charge on any atom is 0.164 e. The predicted molar refractivity (Wildman–Crippen MR) is 211 cm³/mol. The molecule has 0 aliphatic rings. The van der Waals surface area contributed by atoms with Crippen LogP contribution in [0, 0.1) is 0 Å². The molecule has 3 heterocycles. The van der Waals surface area contributed by atoms with Gasteiger partial charge in [-0.05, 0) is 68.9 Å². The first kappa shape index (κ1) is 14.6. The SMILES string of the molecule is [2H]c1c([2H])c([2H])c2c(oc3c([2H])c([2H])c([2H])c(-c4nc(-c5ccccc5)nc(-c5c([2H])c([2H])c6oc7c([2H])c(-c8c([2H])c([2H])c([2H])c9c([2H])c([2H])c([2H])c([2H])c89)c8c([2H])c([2H])c([2H])c([2H])c8c7c6c5[2H])n4)c32)c1[2H]. The van der Waals surface area contributed by atoms with Gasteiger partial charge in [0.25, 0.3) is 0 Å². The van der Waals surface area contributed by atoms with Crippen molar-refractivity contribution in [2.24, 2.45) is 0 Å². The Morgan fingerprint density at radius 1 is 0.385 bits per heavy atom. The summed E-state index contributed by atoms with van der Waals surface area (Å²) in [6.45, 7) is 0. The average Bonchev–Trinajstić information content (AvgIpc) is 4.02. The van der Waals surface area contributed by atoms with Crippen LogP contribution < -0.4 is 0 Å². The van der Waals surface area contributed by atoms with E-state index in [2.05, 4.69) is 15.0 Å². The Labute approximate surface area is 328 Å². The summed E-state index contributed by atoms with van der Waals surface area (Å²) >= 11 is 0. The molecule has 0 radical (unpaired) electrons. The third kappa shape index (κ3) is 4.39. The van der Waals surface area contributed by atoms with Crippen LogP contribution in [0.25, 0.3) is 111 Å². The third-order valence-corrected chi connectivity index (χ3v) is 8.51. The van der Waals surface area contributed by atoms with Crippen LogP contribution >= 0.6 is 0 Å². The van der Waals surface area contributed by atoms with Gasteiger partial charge >= 0.3 is 0 Å². The van der Waals surface area contributed by atoms with E-state index >= 15 is 0 Å². The third-order valence-electron chi connectivity index (χ3n) is 8.51. The summed E-state index contributed by atoms with van der Waals surface area (Å²) in [6.07, 6.45) is 0. The number of fused-ring (bicyclic) bond motifs is 9. The topological polar surface area (TPSA) is 65.0 Å². The van der Waals surface area contributed by atoms with Gasteiger partial charge in [-0.3, -0.25) is 0 Å². The second-order valence-corrected chi connectivity index (χ2v) is 11.4. The summed E-state index contributed by atoms with van der Waals surface area (Å²) in [5, 5.41) is -3.28. The van der Waals surface area contributed by atoms with E-state index in [1.165, 1.54) is 0 Å². The largest absolute Gasteiger partial charge is 0.456 e. The summed E-state index contributed by atoms with van der Waals surface area (Å²) in [4.78, 5) is 13.9. The van der Waals surface area contributed by atoms with Gasteiger partial charge in [-0.1, -0.05) is 127 Å². The summed E-state index contributed by atoms with van der Waals surface area (Å²) < 4.78 is 209. The van der Waals surface area contributed by atoms with Crippen LogP contribution in [-0.4, -0.2) is 15.0 Å². The van der Waals surface area contributed by atoms with Crippen molar-refractivity contribution >= 4 is 65.4 Å². The number of para-hydroxylation sites is 1. The van der Waals surface area contributed by atoms with E-state index in [4.69, 9.17) is 29.4 Å². The Morgan fingerprint density at radius 3 is 1.90 bits per heavy atom. The molecule has 0 unspecified atom stereocenters. The molecule has 5 heteroatoms. The highest BCUT2D eigenvalue weighted by Crippen LogP contribution is 2.43. The summed E-state index contributed by atoms with van der Waals surface area (Å²) in [5.41, 5.74) is -3.64. The van der Waals surface area contributed by atoms with Crippen molar-refractivity contribution in [3.05, 3.63) is 163 Å². The highest BCUT2D eigenvalue weighted by atomic mass is 16.3. The summed E-state index contributed by atoms with van der Waals surface area (Å²) in [7, 11) is 0. The number of nitrogens with zero attached hydrogens (tertiary/aromatic N) is 3. The van der Waals surface area contributed by atoms with E-state index in [1.54, 1.807) is 30.3 Å². The molecule has 0 amide bonds. The van der Waals surface area contributed by atoms with Crippen molar-refractivity contribution in [3.63, 3.8) is 0 Å². The van der Waals surface area contributed by atoms with Gasteiger partial charge in [-0.2, -0.15) is 0 Å². The molecule has 11 rings (SSSR count). The van der Waals surface area contributed by atoms with Crippen molar-refractivity contribution in [1.29, 1.82) is 0 Å². The standard InChI is InChI=1S/C47H27N3O2/c1-2-13-29(14-3-1)45-48-46(50-47(49-45)36-21-11-23-41-44(36)35-19-8-9-22-39(35)51-41)30-24-25-40-38(26-30)43-34-18-7-6-17-33(34)37(27-42(43)52-40)32-20-10-15-28-12-4-5-16-31(28)32/h1-27H/i4D,5D,6D,7D,8D,9D,10D,11D,12D,15D,16D,17D,18D,19D,20D,21D,22D,23D,24D,25D,26D,27D. The number of furan rings is 2. The van der Waals surface area contributed by atoms with E-state index in [0.717, 1.165) is 0 Å². The Bertz CT molecular complexity index is 4450. The van der Waals surface area contributed by atoms with Crippen molar-refractivity contribution in [3.8, 4) is 45.3 Å². The molecule has 52 heavy (non-hydrogen) atoms. The quantitative estimate of drug-likeness (QED) is 0.184. The zero-order valence-electron chi connectivity index (χ0n) is 48.0. The van der Waals surface area contributed by atoms with Crippen molar-refractivity contribution in [2.75, 3.05) is 0 Å². The lowest BCUT2D eigenvalue weighted by atomic mass is 9.92. The van der Waals surface area contributed by atoms with Gasteiger partial charge in [0.15, 0.2) is 17.5 Å². The van der Waals surface area contributed by atoms with Crippen LogP contribution in [-0.2, 0) is 0 Å². The molecular weight excluding hydrogens is 639 g/mol. The normalized spacial score (nSPS) is 17.8. The van der Waals surface area contributed by atoms with Crippen molar-refractivity contribution < 1.29 is 39.0 Å². The lowest BCUT2D eigenvalue weighted by Gasteiger charge is -2.11. The Hall–Kier alpha value is -7.11. The van der Waals surface area contributed by atoms with E-state index in [9.17, 15) is 9.60 Å². The minimum atomic E-state index is -0.845. The molecule has 5 nitrogen and oxygen atoms in total. The molecule has 0 fully saturated rings. The smallest absolute Gasteiger partial charge is 0.164 e. The fourth-order valence-electron chi connectivity index (χ4n) is 6.25. The minimum Gasteiger partial charge on any atom is -0.456 e. The van der Waals surface area contributed by atoms with E-state index < -0.39 is 211 Å². The second-order valence-electron chi connectivity index (χ2n) is 11.4. The highest BCUT2D eigenvalue weighted by Gasteiger charge is 2.20. The molecule has 0 bridgehead atoms. The first-order valence-corrected chi connectivity index (χ1v) is 15.6. The molecule has 0 spiro atoms. The molecule has 11 aromatic rings. The van der Waals surface area contributed by atoms with Crippen LogP contribution in [0.2, 0.25) is 0 Å². The summed E-state index contributed by atoms with van der Waals surface area (Å²) in [5.74, 6) is -1.15. The van der Waals surface area contributed by atoms with Gasteiger partial charge in [-0.25, -0.2) is 15.0 Å². The molecular formula is C47H27N3O2. The van der Waals surface area contributed by atoms with Crippen LogP contribution in [0.4, 0.5) is 0 Å². The van der Waals surface area contributed by atoms with Crippen LogP contribution in [0.3, 0.4) is 0 Å². The van der Waals surface area contributed by atoms with Gasteiger partial charge in [-0.15, -0.1) is 0 Å². The molecule has 3 aromatic heterocycles. The molecule has 0 saturated carbocycles. The second kappa shape index (κ2) is 11.2. The first-order valence-electron chi connectivity index (χ1n) is 26.6. The van der Waals surface area contributed by atoms with Gasteiger partial charge in [0.05, 0.1) is 30.2 Å². The van der Waals surface area contributed by atoms with Gasteiger partial charge < -0.3 is 8.83 Å². The first-order chi connectivity index (χ1) is 34.9. The lowest BCUT2D eigenvalue weighted by Crippen LogP contribution is -2.00. The fraction of sp³-hybridized carbons (Fsp3) is 0. The van der Waals surface area contributed by atoms with Gasteiger partial charge in [0.1, 0.15) is 22.3 Å². The number of hydrogen-bond acceptors (Lipinski definition) is 5. The summed E-state index contributed by atoms with van der Waals surface area (Å²) in [6, 6.07) is -8.31. The van der Waals surface area contributed by atoms with E-state index in [0.29, 0.717) is 5.56 Å². The Kier molecular flexibility index (Phi) is 3.15. The monoisotopic (exact) mass is 687 g/mol. The zero-order chi connectivity index (χ0) is 53.3. The average molecular weight is 688 g/mol. The molecule has 0 atom stereocenters. The Balaban J connectivity index is 1.31. The molecule has 0 saturated heterocycles. The Morgan fingerprint density at radius 2 is 1.02 bits per heavy atom. The zero-order valence-corrected chi connectivity index (χ0v) is 26.0. The lowest BCUT2D eigenvalue weighted by molar-refractivity contribution is 0.668. The maximum atomic E-state index is 9.88. The van der Waals surface area contributed by atoms with Crippen molar-refractivity contribution in [1.82, 2.24) is 15.0 Å². The highest BCUT2D eigenvalue weighted by molar-refractivity contribution is 6.23. The molecule has 0 aliphatic carbocycles. The van der Waals surface area contributed by atoms with Gasteiger partial charge in [0.2, 0.25) is 0 Å². The number of aromatic nitrogens is 3. The fourth-order valence-corrected chi connectivity index (χ4v) is 6.25. The van der Waals surface area contributed by atoms with Crippen LogP contribution in [0.5, 0.6) is 0 Å². The molecule has 242 valence electrons. The van der Waals surface area contributed by atoms with Gasteiger partial charge in [0, 0.05) is 38.2 Å².